The highest BCUT2D eigenvalue weighted by molar-refractivity contribution is 6.20. The summed E-state index contributed by atoms with van der Waals surface area (Å²) in [5, 5.41) is 9.44. The molecule has 2 nitrogen and oxygen atoms in total. The van der Waals surface area contributed by atoms with Crippen LogP contribution in [0.3, 0.4) is 0 Å². The highest BCUT2D eigenvalue weighted by Gasteiger charge is 2.15. The number of aromatic nitrogens is 1. The van der Waals surface area contributed by atoms with E-state index in [9.17, 15) is 0 Å². The molecule has 11 rings (SSSR count). The van der Waals surface area contributed by atoms with Crippen LogP contribution in [0.15, 0.2) is 217 Å². The van der Waals surface area contributed by atoms with Crippen LogP contribution in [0.25, 0.3) is 104 Å². The number of nitrogens with zero attached hydrogens (tertiary/aromatic N) is 1. The smallest absolute Gasteiger partial charge is 0.136 e. The lowest BCUT2D eigenvalue weighted by atomic mass is 9.98. The van der Waals surface area contributed by atoms with E-state index in [1.807, 2.05) is 12.1 Å². The molecule has 0 amide bonds. The largest absolute Gasteiger partial charge is 0.456 e. The molecule has 262 valence electrons. The highest BCUT2D eigenvalue weighted by Crippen LogP contribution is 2.39. The zero-order valence-corrected chi connectivity index (χ0v) is 30.6. The molecule has 0 radical (unpaired) electrons. The van der Waals surface area contributed by atoms with Gasteiger partial charge in [0, 0.05) is 27.2 Å². The first-order chi connectivity index (χ1) is 27.8. The van der Waals surface area contributed by atoms with Crippen LogP contribution in [0.1, 0.15) is 0 Å². The molecule has 0 N–H and O–H groups in total. The third-order valence-corrected chi connectivity index (χ3v) is 11.3. The number of rotatable bonds is 4. The predicted octanol–water partition coefficient (Wildman–Crippen LogP) is 15.1. The van der Waals surface area contributed by atoms with Gasteiger partial charge in [0.2, 0.25) is 0 Å². The molecule has 0 spiro atoms. The molecular weight excluding hydrogens is 679 g/mol. The predicted molar refractivity (Wildman–Crippen MR) is 237 cm³/mol. The second kappa shape index (κ2) is 13.2. The molecule has 9 aromatic carbocycles. The zero-order valence-electron chi connectivity index (χ0n) is 30.6. The lowest BCUT2D eigenvalue weighted by molar-refractivity contribution is 0.669. The van der Waals surface area contributed by atoms with Gasteiger partial charge in [-0.05, 0) is 103 Å². The fourth-order valence-corrected chi connectivity index (χ4v) is 8.63. The quantitative estimate of drug-likeness (QED) is 0.178. The summed E-state index contributed by atoms with van der Waals surface area (Å²) in [5.41, 5.74) is 12.2. The summed E-state index contributed by atoms with van der Waals surface area (Å²) in [7, 11) is 0. The average Bonchev–Trinajstić information content (AvgIpc) is 3.68. The molecule has 11 aromatic rings. The van der Waals surface area contributed by atoms with Crippen molar-refractivity contribution in [3.63, 3.8) is 0 Å². The summed E-state index contributed by atoms with van der Waals surface area (Å²) in [4.78, 5) is 0. The van der Waals surface area contributed by atoms with Gasteiger partial charge in [0.05, 0.1) is 11.0 Å². The molecule has 0 aliphatic heterocycles. The van der Waals surface area contributed by atoms with Crippen LogP contribution in [0.4, 0.5) is 0 Å². The lowest BCUT2D eigenvalue weighted by Gasteiger charge is -2.16. The van der Waals surface area contributed by atoms with Gasteiger partial charge in [-0.3, -0.25) is 0 Å². The molecule has 0 bridgehead atoms. The molecule has 2 heteroatoms. The second-order valence-corrected chi connectivity index (χ2v) is 14.4. The number of furan rings is 1. The molecule has 0 aliphatic carbocycles. The van der Waals surface area contributed by atoms with Gasteiger partial charge in [0.25, 0.3) is 0 Å². The highest BCUT2D eigenvalue weighted by atomic mass is 16.3. The van der Waals surface area contributed by atoms with Crippen LogP contribution >= 0.6 is 0 Å². The van der Waals surface area contributed by atoms with E-state index in [-0.39, 0.29) is 0 Å². The fourth-order valence-electron chi connectivity index (χ4n) is 8.63. The Balaban J connectivity index is 1.28. The van der Waals surface area contributed by atoms with Gasteiger partial charge in [-0.15, -0.1) is 0 Å². The lowest BCUT2D eigenvalue weighted by Crippen LogP contribution is -1.98. The summed E-state index contributed by atoms with van der Waals surface area (Å²) in [6.07, 6.45) is 0. The normalized spacial score (nSPS) is 11.6. The Morgan fingerprint density at radius 2 is 0.732 bits per heavy atom. The molecule has 0 saturated carbocycles. The Bertz CT molecular complexity index is 3190. The van der Waals surface area contributed by atoms with Crippen molar-refractivity contribution in [2.75, 3.05) is 0 Å². The second-order valence-electron chi connectivity index (χ2n) is 14.4. The summed E-state index contributed by atoms with van der Waals surface area (Å²) in [6.45, 7) is 0. The number of para-hydroxylation sites is 1. The van der Waals surface area contributed by atoms with Crippen molar-refractivity contribution in [3.8, 4) is 39.1 Å². The average molecular weight is 714 g/mol. The Labute approximate surface area is 324 Å². The molecule has 0 saturated heterocycles. The van der Waals surface area contributed by atoms with Crippen molar-refractivity contribution in [2.24, 2.45) is 0 Å². The minimum atomic E-state index is 0.899. The minimum Gasteiger partial charge on any atom is -0.456 e. The Hall–Kier alpha value is -7.42. The van der Waals surface area contributed by atoms with E-state index < -0.39 is 0 Å². The van der Waals surface area contributed by atoms with E-state index in [0.29, 0.717) is 0 Å². The Morgan fingerprint density at radius 3 is 1.29 bits per heavy atom. The minimum absolute atomic E-state index is 0.899. The monoisotopic (exact) mass is 713 g/mol. The summed E-state index contributed by atoms with van der Waals surface area (Å²) >= 11 is 0. The van der Waals surface area contributed by atoms with Crippen molar-refractivity contribution in [3.05, 3.63) is 212 Å². The standard InChI is InChI=1S/C54H35NO/c1-3-14-36(15-4-1)39-28-32-50-48(34-39)45-20-9-7-18-43(45)44-19-8-10-21-46(44)49-35-40(37-16-5-2-6-17-37)29-33-51(49)55(50)41-30-26-38(27-31-41)42-23-13-25-53-54(42)47-22-11-12-24-52(47)56-53/h1-35H. The van der Waals surface area contributed by atoms with Crippen molar-refractivity contribution < 1.29 is 4.42 Å². The maximum Gasteiger partial charge on any atom is 0.136 e. The summed E-state index contributed by atoms with van der Waals surface area (Å²) < 4.78 is 8.74. The van der Waals surface area contributed by atoms with Gasteiger partial charge in [-0.2, -0.15) is 0 Å². The van der Waals surface area contributed by atoms with Gasteiger partial charge in [-0.25, -0.2) is 0 Å². The number of hydrogen-bond acceptors (Lipinski definition) is 1. The molecule has 56 heavy (non-hydrogen) atoms. The zero-order chi connectivity index (χ0) is 37.0. The van der Waals surface area contributed by atoms with E-state index >= 15 is 0 Å². The third kappa shape index (κ3) is 5.26. The number of benzene rings is 9. The van der Waals surface area contributed by atoms with E-state index in [4.69, 9.17) is 4.42 Å². The van der Waals surface area contributed by atoms with Crippen LogP contribution in [0.2, 0.25) is 0 Å². The van der Waals surface area contributed by atoms with Crippen LogP contribution in [0, 0.1) is 0 Å². The van der Waals surface area contributed by atoms with Crippen LogP contribution in [-0.2, 0) is 0 Å². The first-order valence-electron chi connectivity index (χ1n) is 19.2. The molecule has 0 aliphatic rings. The van der Waals surface area contributed by atoms with Crippen molar-refractivity contribution in [2.45, 2.75) is 0 Å². The van der Waals surface area contributed by atoms with Crippen molar-refractivity contribution in [1.82, 2.24) is 4.57 Å². The molecule has 2 aromatic heterocycles. The van der Waals surface area contributed by atoms with Crippen molar-refractivity contribution >= 4 is 65.3 Å². The Morgan fingerprint density at radius 1 is 0.286 bits per heavy atom. The van der Waals surface area contributed by atoms with Crippen LogP contribution in [0.5, 0.6) is 0 Å². The summed E-state index contributed by atoms with van der Waals surface area (Å²) in [6, 6.07) is 76.8. The van der Waals surface area contributed by atoms with Gasteiger partial charge >= 0.3 is 0 Å². The maximum atomic E-state index is 6.28. The number of fused-ring (bicyclic) bond motifs is 10. The Kier molecular flexibility index (Phi) is 7.53. The maximum absolute atomic E-state index is 6.28. The van der Waals surface area contributed by atoms with Gasteiger partial charge < -0.3 is 8.98 Å². The van der Waals surface area contributed by atoms with E-state index in [2.05, 4.69) is 205 Å². The van der Waals surface area contributed by atoms with Crippen LogP contribution in [-0.4, -0.2) is 4.57 Å². The molecule has 0 atom stereocenters. The molecule has 0 unspecified atom stereocenters. The van der Waals surface area contributed by atoms with E-state index in [1.54, 1.807) is 0 Å². The van der Waals surface area contributed by atoms with Gasteiger partial charge in [0.1, 0.15) is 11.2 Å². The fraction of sp³-hybridized carbons (Fsp3) is 0. The van der Waals surface area contributed by atoms with Gasteiger partial charge in [-0.1, -0.05) is 164 Å². The SMILES string of the molecule is c1ccc(-c2ccc3c(c2)c2ccccc2c2ccccc2c2cc(-c4ccccc4)ccc2n3-c2ccc(-c3cccc4oc5ccccc5c34)cc2)cc1. The van der Waals surface area contributed by atoms with Crippen molar-refractivity contribution in [1.29, 1.82) is 0 Å². The van der Waals surface area contributed by atoms with E-state index in [0.717, 1.165) is 49.8 Å². The molecule has 2 heterocycles. The summed E-state index contributed by atoms with van der Waals surface area (Å²) in [5.74, 6) is 0. The third-order valence-electron chi connectivity index (χ3n) is 11.3. The van der Waals surface area contributed by atoms with Gasteiger partial charge in [0.15, 0.2) is 0 Å². The first kappa shape index (κ1) is 32.0. The van der Waals surface area contributed by atoms with E-state index in [1.165, 1.54) is 54.6 Å². The molecular formula is C54H35NO. The first-order valence-corrected chi connectivity index (χ1v) is 19.2. The number of hydrogen-bond donors (Lipinski definition) is 0. The topological polar surface area (TPSA) is 18.1 Å². The molecule has 0 fully saturated rings. The van der Waals surface area contributed by atoms with Crippen LogP contribution < -0.4 is 0 Å².